The van der Waals surface area contributed by atoms with Crippen LogP contribution in [0.25, 0.3) is 11.1 Å². The molecule has 0 fully saturated rings. The Labute approximate surface area is 142 Å². The van der Waals surface area contributed by atoms with Crippen molar-refractivity contribution in [3.63, 3.8) is 0 Å². The number of aromatic carboxylic acids is 1. The van der Waals surface area contributed by atoms with E-state index in [0.717, 1.165) is 22.7 Å². The molecular formula is C12H7Cl3O4S2. The average Bonchev–Trinajstić information content (AvgIpc) is 3.02. The van der Waals surface area contributed by atoms with Crippen molar-refractivity contribution in [1.29, 1.82) is 0 Å². The van der Waals surface area contributed by atoms with Crippen molar-refractivity contribution in [2.75, 3.05) is 6.61 Å². The van der Waals surface area contributed by atoms with Gasteiger partial charge in [-0.25, -0.2) is 9.59 Å². The average molecular weight is 386 g/mol. The Bertz CT molecular complexity index is 672. The molecule has 2 rings (SSSR count). The highest BCUT2D eigenvalue weighted by Crippen LogP contribution is 2.35. The molecule has 0 spiro atoms. The zero-order valence-electron chi connectivity index (χ0n) is 10.1. The fourth-order valence-corrected chi connectivity index (χ4v) is 3.29. The number of thiophene rings is 2. The molecule has 2 heterocycles. The summed E-state index contributed by atoms with van der Waals surface area (Å²) in [6.07, 6.45) is 0. The van der Waals surface area contributed by atoms with Gasteiger partial charge in [-0.2, -0.15) is 0 Å². The minimum Gasteiger partial charge on any atom is -0.477 e. The normalized spacial score (nSPS) is 11.4. The molecule has 2 aromatic rings. The third-order valence-electron chi connectivity index (χ3n) is 2.37. The lowest BCUT2D eigenvalue weighted by Crippen LogP contribution is -2.17. The number of hydrogen-bond acceptors (Lipinski definition) is 5. The quantitative estimate of drug-likeness (QED) is 0.612. The van der Waals surface area contributed by atoms with E-state index in [1.54, 1.807) is 22.9 Å². The zero-order chi connectivity index (χ0) is 15.6. The lowest BCUT2D eigenvalue weighted by molar-refractivity contribution is 0.0518. The molecule has 0 unspecified atom stereocenters. The van der Waals surface area contributed by atoms with Crippen LogP contribution < -0.4 is 0 Å². The van der Waals surface area contributed by atoms with Crippen LogP contribution in [0.15, 0.2) is 22.9 Å². The Hall–Kier alpha value is -0.790. The molecule has 0 atom stereocenters. The number of carbonyl (C=O) groups is 2. The summed E-state index contributed by atoms with van der Waals surface area (Å²) in [5, 5.41) is 12.5. The van der Waals surface area contributed by atoms with Crippen LogP contribution in [0.4, 0.5) is 0 Å². The number of carboxylic acids is 1. The van der Waals surface area contributed by atoms with E-state index in [-0.39, 0.29) is 16.4 Å². The van der Waals surface area contributed by atoms with Crippen LogP contribution in [0.2, 0.25) is 0 Å². The van der Waals surface area contributed by atoms with E-state index in [1.807, 2.05) is 0 Å². The molecule has 2 aromatic heterocycles. The maximum atomic E-state index is 12.0. The Kier molecular flexibility index (Phi) is 5.16. The molecule has 0 saturated carbocycles. The van der Waals surface area contributed by atoms with E-state index in [0.29, 0.717) is 11.1 Å². The molecule has 21 heavy (non-hydrogen) atoms. The van der Waals surface area contributed by atoms with Gasteiger partial charge in [0.15, 0.2) is 0 Å². The van der Waals surface area contributed by atoms with Crippen molar-refractivity contribution < 1.29 is 19.4 Å². The van der Waals surface area contributed by atoms with Gasteiger partial charge in [-0.15, -0.1) is 22.7 Å². The summed E-state index contributed by atoms with van der Waals surface area (Å²) in [6, 6.07) is 3.30. The van der Waals surface area contributed by atoms with E-state index >= 15 is 0 Å². The third kappa shape index (κ3) is 4.11. The van der Waals surface area contributed by atoms with Crippen molar-refractivity contribution in [2.24, 2.45) is 0 Å². The van der Waals surface area contributed by atoms with Crippen molar-refractivity contribution in [3.8, 4) is 11.1 Å². The molecule has 0 amide bonds. The standard InChI is InChI=1S/C12H7Cl3O4S2/c13-12(14,15)5-19-11(18)9-7(2-4-21-9)6-1-3-20-8(6)10(16)17/h1-4H,5H2,(H,16,17). The summed E-state index contributed by atoms with van der Waals surface area (Å²) < 4.78 is 3.23. The first-order valence-corrected chi connectivity index (χ1v) is 8.31. The summed E-state index contributed by atoms with van der Waals surface area (Å²) in [5.41, 5.74) is 0.961. The SMILES string of the molecule is O=C(O)c1sccc1-c1ccsc1C(=O)OCC(Cl)(Cl)Cl. The molecule has 112 valence electrons. The molecule has 0 aliphatic carbocycles. The lowest BCUT2D eigenvalue weighted by Gasteiger charge is -2.11. The smallest absolute Gasteiger partial charge is 0.349 e. The number of carbonyl (C=O) groups excluding carboxylic acids is 1. The van der Waals surface area contributed by atoms with Gasteiger partial charge in [0, 0.05) is 11.1 Å². The molecule has 0 aromatic carbocycles. The summed E-state index contributed by atoms with van der Waals surface area (Å²) in [4.78, 5) is 23.6. The summed E-state index contributed by atoms with van der Waals surface area (Å²) in [5.74, 6) is -1.71. The molecule has 0 bridgehead atoms. The van der Waals surface area contributed by atoms with Gasteiger partial charge in [-0.05, 0) is 22.9 Å². The fraction of sp³-hybridized carbons (Fsp3) is 0.167. The minimum absolute atomic E-state index is 0.156. The topological polar surface area (TPSA) is 63.6 Å². The second-order valence-electron chi connectivity index (χ2n) is 3.82. The Morgan fingerprint density at radius 1 is 1.10 bits per heavy atom. The number of esters is 1. The van der Waals surface area contributed by atoms with E-state index in [4.69, 9.17) is 44.6 Å². The predicted octanol–water partition coefficient (Wildman–Crippen LogP) is 4.70. The van der Waals surface area contributed by atoms with Crippen LogP contribution in [0.5, 0.6) is 0 Å². The first-order valence-electron chi connectivity index (χ1n) is 5.42. The molecule has 9 heteroatoms. The van der Waals surface area contributed by atoms with Crippen LogP contribution >= 0.6 is 57.5 Å². The number of halogens is 3. The van der Waals surface area contributed by atoms with Gasteiger partial charge < -0.3 is 9.84 Å². The Morgan fingerprint density at radius 2 is 1.62 bits per heavy atom. The number of hydrogen-bond donors (Lipinski definition) is 1. The van der Waals surface area contributed by atoms with Crippen LogP contribution in [-0.4, -0.2) is 27.4 Å². The largest absolute Gasteiger partial charge is 0.477 e. The van der Waals surface area contributed by atoms with Crippen LogP contribution in [0.3, 0.4) is 0 Å². The first kappa shape index (κ1) is 16.6. The van der Waals surface area contributed by atoms with Gasteiger partial charge in [-0.1, -0.05) is 34.8 Å². The van der Waals surface area contributed by atoms with Crippen molar-refractivity contribution >= 4 is 69.4 Å². The molecule has 0 radical (unpaired) electrons. The molecule has 0 saturated heterocycles. The van der Waals surface area contributed by atoms with Gasteiger partial charge in [0.1, 0.15) is 16.4 Å². The highest BCUT2D eigenvalue weighted by Gasteiger charge is 2.25. The van der Waals surface area contributed by atoms with Crippen LogP contribution in [0.1, 0.15) is 19.3 Å². The Morgan fingerprint density at radius 3 is 2.14 bits per heavy atom. The summed E-state index contributed by atoms with van der Waals surface area (Å²) >= 11 is 18.8. The third-order valence-corrected chi connectivity index (χ3v) is 4.49. The lowest BCUT2D eigenvalue weighted by atomic mass is 10.1. The van der Waals surface area contributed by atoms with E-state index in [2.05, 4.69) is 0 Å². The second-order valence-corrected chi connectivity index (χ2v) is 8.17. The van der Waals surface area contributed by atoms with Crippen LogP contribution in [-0.2, 0) is 4.74 Å². The molecule has 0 aliphatic heterocycles. The first-order chi connectivity index (χ1) is 9.79. The fourth-order valence-electron chi connectivity index (χ4n) is 1.58. The maximum absolute atomic E-state index is 12.0. The summed E-state index contributed by atoms with van der Waals surface area (Å²) in [7, 11) is 0. The van der Waals surface area contributed by atoms with Gasteiger partial charge in [0.2, 0.25) is 3.79 Å². The van der Waals surface area contributed by atoms with Gasteiger partial charge >= 0.3 is 11.9 Å². The van der Waals surface area contributed by atoms with E-state index in [1.165, 1.54) is 0 Å². The number of ether oxygens (including phenoxy) is 1. The monoisotopic (exact) mass is 384 g/mol. The van der Waals surface area contributed by atoms with Crippen LogP contribution in [0, 0.1) is 0 Å². The predicted molar refractivity (Wildman–Crippen MR) is 85.2 cm³/mol. The molecular weight excluding hydrogens is 379 g/mol. The number of rotatable bonds is 4. The second kappa shape index (κ2) is 6.54. The van der Waals surface area contributed by atoms with Crippen molar-refractivity contribution in [3.05, 3.63) is 32.6 Å². The minimum atomic E-state index is -1.69. The van der Waals surface area contributed by atoms with E-state index in [9.17, 15) is 9.59 Å². The number of carboxylic acid groups (broad SMARTS) is 1. The van der Waals surface area contributed by atoms with Crippen molar-refractivity contribution in [2.45, 2.75) is 3.79 Å². The molecule has 0 aliphatic rings. The van der Waals surface area contributed by atoms with E-state index < -0.39 is 15.7 Å². The molecule has 4 nitrogen and oxygen atoms in total. The van der Waals surface area contributed by atoms with Gasteiger partial charge in [-0.3, -0.25) is 0 Å². The molecule has 1 N–H and O–H groups in total. The highest BCUT2D eigenvalue weighted by molar-refractivity contribution is 7.13. The summed E-state index contributed by atoms with van der Waals surface area (Å²) in [6.45, 7) is -0.386. The highest BCUT2D eigenvalue weighted by atomic mass is 35.6. The Balaban J connectivity index is 2.28. The van der Waals surface area contributed by atoms with Gasteiger partial charge in [0.05, 0.1) is 0 Å². The van der Waals surface area contributed by atoms with Gasteiger partial charge in [0.25, 0.3) is 0 Å². The zero-order valence-corrected chi connectivity index (χ0v) is 14.0. The number of alkyl halides is 3. The van der Waals surface area contributed by atoms with Crippen molar-refractivity contribution in [1.82, 2.24) is 0 Å². The maximum Gasteiger partial charge on any atom is 0.349 e.